The zero-order valence-corrected chi connectivity index (χ0v) is 36.9. The molecule has 2 aliphatic heterocycles. The monoisotopic (exact) mass is 889 g/mol. The number of rotatable bonds is 15. The molecule has 4 aromatic carbocycles. The van der Waals surface area contributed by atoms with Gasteiger partial charge >= 0.3 is 18.2 Å². The number of benzene rings is 4. The smallest absolute Gasteiger partial charge is 0.449 e. The van der Waals surface area contributed by atoms with Crippen molar-refractivity contribution in [3.8, 4) is 22.3 Å². The van der Waals surface area contributed by atoms with Gasteiger partial charge in [-0.25, -0.2) is 14.4 Å². The van der Waals surface area contributed by atoms with Gasteiger partial charge in [0.2, 0.25) is 5.96 Å². The van der Waals surface area contributed by atoms with Crippen LogP contribution in [0.1, 0.15) is 59.8 Å². The van der Waals surface area contributed by atoms with Crippen molar-refractivity contribution in [3.05, 3.63) is 132 Å². The maximum Gasteiger partial charge on any atom is 0.516 e. The molecule has 14 nitrogen and oxygen atoms in total. The fourth-order valence-corrected chi connectivity index (χ4v) is 9.94. The molecule has 8 rings (SSSR count). The maximum atomic E-state index is 13.7. The second kappa shape index (κ2) is 19.5. The summed E-state index contributed by atoms with van der Waals surface area (Å²) in [5, 5.41) is 27.6. The first-order valence-electron chi connectivity index (χ1n) is 21.8. The van der Waals surface area contributed by atoms with Crippen molar-refractivity contribution in [2.24, 2.45) is 10.7 Å². The van der Waals surface area contributed by atoms with Crippen LogP contribution in [-0.4, -0.2) is 122 Å². The summed E-state index contributed by atoms with van der Waals surface area (Å²) in [5.41, 5.74) is 14.5. The van der Waals surface area contributed by atoms with E-state index in [9.17, 15) is 24.6 Å². The molecule has 2 aliphatic carbocycles. The van der Waals surface area contributed by atoms with Crippen molar-refractivity contribution in [3.63, 3.8) is 0 Å². The number of hydrogen-bond acceptors (Lipinski definition) is 11. The minimum Gasteiger partial charge on any atom is -0.449 e. The summed E-state index contributed by atoms with van der Waals surface area (Å²) in [6, 6.07) is 30.5. The number of aliphatic imine (C=N–C) groups is 1. The van der Waals surface area contributed by atoms with Crippen molar-refractivity contribution in [1.29, 1.82) is 0 Å². The molecule has 1 saturated heterocycles. The summed E-state index contributed by atoms with van der Waals surface area (Å²) in [4.78, 5) is 46.6. The number of ether oxygens (including phenoxy) is 4. The van der Waals surface area contributed by atoms with Crippen LogP contribution in [0.25, 0.3) is 22.3 Å². The quantitative estimate of drug-likeness (QED) is 0.0396. The maximum absolute atomic E-state index is 13.7. The van der Waals surface area contributed by atoms with Crippen LogP contribution in [0.15, 0.2) is 114 Å². The Kier molecular flexibility index (Phi) is 13.7. The zero-order valence-electron chi connectivity index (χ0n) is 36.0. The minimum atomic E-state index is -1.38. The number of nitrogens with one attached hydrogen (secondary N) is 2. The number of carbonyl (C=O) groups excluding carboxylic acids is 3. The first-order valence-corrected chi connectivity index (χ1v) is 24.8. The molecule has 0 bridgehead atoms. The van der Waals surface area contributed by atoms with E-state index in [4.69, 9.17) is 29.7 Å². The molecule has 336 valence electrons. The third kappa shape index (κ3) is 9.96. The molecule has 0 spiro atoms. The number of aliphatic hydroxyl groups excluding tert-OH is 2. The van der Waals surface area contributed by atoms with Crippen LogP contribution < -0.4 is 16.4 Å². The van der Waals surface area contributed by atoms with E-state index >= 15 is 0 Å². The van der Waals surface area contributed by atoms with E-state index < -0.39 is 61.9 Å². The number of carbonyl (C=O) groups is 3. The number of hydrogen-bond donors (Lipinski definition) is 5. The number of fused-ring (bicyclic) bond motifs is 6. The Morgan fingerprint density at radius 1 is 0.828 bits per heavy atom. The van der Waals surface area contributed by atoms with Crippen LogP contribution >= 0.6 is 6.89 Å². The molecule has 2 unspecified atom stereocenters. The van der Waals surface area contributed by atoms with E-state index in [0.29, 0.717) is 25.2 Å². The second-order valence-corrected chi connectivity index (χ2v) is 21.7. The molecule has 4 aromatic rings. The zero-order chi connectivity index (χ0) is 45.0. The summed E-state index contributed by atoms with van der Waals surface area (Å²) < 4.78 is 22.7. The number of guanidine groups is 1. The SMILES string of the molecule is C=P(C)(C)CC[C@H]1O[C@@H](N2C=CC(N)NC2=NCCCCC(NC(=O)OCC2c3ccccc3-c3ccccc32)C(=O)OC(=O)OCC2c3ccccc3-c3ccccc32)[C@H](O)[C@@H]1O. The largest absolute Gasteiger partial charge is 0.516 e. The van der Waals surface area contributed by atoms with Gasteiger partial charge in [-0.2, -0.15) is 0 Å². The lowest BCUT2D eigenvalue weighted by molar-refractivity contribution is -0.142. The van der Waals surface area contributed by atoms with Crippen LogP contribution in [-0.2, 0) is 23.7 Å². The Hall–Kier alpha value is -5.76. The Bertz CT molecular complexity index is 2380. The first kappa shape index (κ1) is 44.8. The van der Waals surface area contributed by atoms with Crippen LogP contribution in [0.4, 0.5) is 9.59 Å². The van der Waals surface area contributed by atoms with Gasteiger partial charge in [-0.3, -0.25) is 9.89 Å². The second-order valence-electron chi connectivity index (χ2n) is 17.3. The van der Waals surface area contributed by atoms with E-state index in [2.05, 4.69) is 30.3 Å². The van der Waals surface area contributed by atoms with Crippen molar-refractivity contribution in [1.82, 2.24) is 15.5 Å². The molecular weight excluding hydrogens is 834 g/mol. The third-order valence-corrected chi connectivity index (χ3v) is 13.7. The van der Waals surface area contributed by atoms with Crippen molar-refractivity contribution < 1.29 is 43.5 Å². The van der Waals surface area contributed by atoms with Gasteiger partial charge < -0.3 is 45.5 Å². The van der Waals surface area contributed by atoms with Gasteiger partial charge in [0.25, 0.3) is 0 Å². The van der Waals surface area contributed by atoms with Crippen LogP contribution in [0, 0.1) is 0 Å². The molecule has 0 saturated carbocycles. The van der Waals surface area contributed by atoms with Crippen LogP contribution in [0.2, 0.25) is 0 Å². The predicted octanol–water partition coefficient (Wildman–Crippen LogP) is 6.16. The Morgan fingerprint density at radius 2 is 1.36 bits per heavy atom. The standard InChI is InChI=1S/C49H56N5O9P/c1-64(2,3)27-24-41-43(55)44(56)45(62-41)54-26-23-42(50)53-47(54)51-25-13-12-22-40(52-48(58)60-28-38-34-18-8-4-14-30(34)31-15-5-9-19-35(31)38)46(57)63-49(59)61-29-39-36-20-10-6-16-32(36)33-17-7-11-21-37(33)39/h4-11,14-21,23,26,38-45,55-56H,1,12-13,22,24-25,27-29,50H2,2-3H3,(H,51,53)(H,52,58)/t40?,41-,42?,43-,44-,45-/m1/s1. The molecule has 0 aromatic heterocycles. The summed E-state index contributed by atoms with van der Waals surface area (Å²) in [6.07, 6.45) is 3.56. The van der Waals surface area contributed by atoms with E-state index in [1.807, 2.05) is 97.1 Å². The van der Waals surface area contributed by atoms with Gasteiger partial charge in [0.05, 0.1) is 12.3 Å². The molecule has 6 atom stereocenters. The average Bonchev–Trinajstić information content (AvgIpc) is 3.89. The molecule has 0 radical (unpaired) electrons. The lowest BCUT2D eigenvalue weighted by Crippen LogP contribution is -2.56. The number of esters is 1. The third-order valence-electron chi connectivity index (χ3n) is 12.2. The molecule has 15 heteroatoms. The fourth-order valence-electron chi connectivity index (χ4n) is 8.98. The molecular formula is C49H56N5O9P. The summed E-state index contributed by atoms with van der Waals surface area (Å²) in [7, 11) is 0. The molecule has 4 aliphatic rings. The average molecular weight is 890 g/mol. The lowest BCUT2D eigenvalue weighted by Gasteiger charge is -2.34. The number of nitrogens with two attached hydrogens (primary N) is 1. The number of nitrogens with zero attached hydrogens (tertiary/aromatic N) is 2. The Balaban J connectivity index is 0.908. The van der Waals surface area contributed by atoms with E-state index in [0.717, 1.165) is 50.7 Å². The highest BCUT2D eigenvalue weighted by Gasteiger charge is 2.46. The molecule has 6 N–H and O–H groups in total. The van der Waals surface area contributed by atoms with E-state index in [1.165, 1.54) is 0 Å². The molecule has 1 fully saturated rings. The van der Waals surface area contributed by atoms with Crippen molar-refractivity contribution in [2.75, 3.05) is 39.3 Å². The highest BCUT2D eigenvalue weighted by Crippen LogP contribution is 2.46. The van der Waals surface area contributed by atoms with Gasteiger partial charge in [-0.1, -0.05) is 97.1 Å². The Labute approximate surface area is 373 Å². The number of alkyl carbamates (subject to hydrolysis) is 1. The van der Waals surface area contributed by atoms with Crippen LogP contribution in [0.5, 0.6) is 0 Å². The topological polar surface area (TPSA) is 194 Å². The van der Waals surface area contributed by atoms with Crippen molar-refractivity contribution >= 4 is 37.4 Å². The summed E-state index contributed by atoms with van der Waals surface area (Å²) in [6.45, 7) is 3.08. The molecule has 64 heavy (non-hydrogen) atoms. The summed E-state index contributed by atoms with van der Waals surface area (Å²) in [5.74, 6) is -1.09. The van der Waals surface area contributed by atoms with E-state index in [-0.39, 0.29) is 38.0 Å². The highest BCUT2D eigenvalue weighted by molar-refractivity contribution is 7.72. The molecule has 1 amide bonds. The number of amides is 1. The van der Waals surface area contributed by atoms with E-state index in [1.54, 1.807) is 17.2 Å². The summed E-state index contributed by atoms with van der Waals surface area (Å²) >= 11 is 0. The predicted molar refractivity (Wildman–Crippen MR) is 247 cm³/mol. The van der Waals surface area contributed by atoms with Gasteiger partial charge in [0.15, 0.2) is 6.23 Å². The normalized spacial score (nSPS) is 22.2. The fraction of sp³-hybridized carbons (Fsp3) is 0.367. The van der Waals surface area contributed by atoms with Crippen molar-refractivity contribution in [2.45, 2.75) is 74.3 Å². The van der Waals surface area contributed by atoms with Crippen LogP contribution in [0.3, 0.4) is 0 Å². The molecule has 2 heterocycles. The Morgan fingerprint density at radius 3 is 1.91 bits per heavy atom. The number of aliphatic hydroxyl groups is 2. The van der Waals surface area contributed by atoms with Gasteiger partial charge in [-0.15, -0.1) is 13.2 Å². The van der Waals surface area contributed by atoms with Gasteiger partial charge in [-0.05, 0) is 95.8 Å². The van der Waals surface area contributed by atoms with Gasteiger partial charge in [0.1, 0.15) is 31.5 Å². The first-order chi connectivity index (χ1) is 30.9. The van der Waals surface area contributed by atoms with Gasteiger partial charge in [0, 0.05) is 24.6 Å². The minimum absolute atomic E-state index is 0.0257. The lowest BCUT2D eigenvalue weighted by atomic mass is 9.98. The number of unbranched alkanes of at least 4 members (excludes halogenated alkanes) is 1. The highest BCUT2D eigenvalue weighted by atomic mass is 31.2.